The van der Waals surface area contributed by atoms with Crippen LogP contribution in [0.1, 0.15) is 89.2 Å². The summed E-state index contributed by atoms with van der Waals surface area (Å²) in [4.78, 5) is 43.3. The van der Waals surface area contributed by atoms with Gasteiger partial charge in [0.15, 0.2) is 40.2 Å². The summed E-state index contributed by atoms with van der Waals surface area (Å²) in [5.74, 6) is -4.92. The maximum absolute atomic E-state index is 16.0. The van der Waals surface area contributed by atoms with Gasteiger partial charge in [0.1, 0.15) is 28.7 Å². The fraction of sp³-hybridized carbons (Fsp3) is 0.341. The molecule has 0 fully saturated rings. The summed E-state index contributed by atoms with van der Waals surface area (Å²) in [6.45, 7) is 6.77. The monoisotopic (exact) mass is 747 g/mol. The van der Waals surface area contributed by atoms with E-state index in [1.165, 1.54) is 30.5 Å². The molecule has 0 saturated heterocycles. The largest absolute Gasteiger partial charge is 0.461 e. The fourth-order valence-corrected chi connectivity index (χ4v) is 7.09. The first-order chi connectivity index (χ1) is 25.6. The van der Waals surface area contributed by atoms with Gasteiger partial charge in [-0.15, -0.1) is 0 Å². The maximum atomic E-state index is 16.0. The number of nitrogens with one attached hydrogen (secondary N) is 1. The molecule has 0 amide bonds. The highest BCUT2D eigenvalue weighted by molar-refractivity contribution is 6.04. The topological polar surface area (TPSA) is 109 Å². The summed E-state index contributed by atoms with van der Waals surface area (Å²) in [7, 11) is 5.10. The lowest BCUT2D eigenvalue weighted by molar-refractivity contribution is 0.0820. The third kappa shape index (κ3) is 7.10. The quantitative estimate of drug-likeness (QED) is 0.0813. The van der Waals surface area contributed by atoms with Crippen molar-refractivity contribution in [3.8, 4) is 0 Å². The third-order valence-electron chi connectivity index (χ3n) is 9.97. The molecule has 0 aliphatic rings. The molecule has 0 saturated carbocycles. The van der Waals surface area contributed by atoms with Gasteiger partial charge in [-0.05, 0) is 90.3 Å². The third-order valence-corrected chi connectivity index (χ3v) is 9.97. The van der Waals surface area contributed by atoms with Gasteiger partial charge in [0.25, 0.3) is 0 Å². The molecule has 0 radical (unpaired) electrons. The first kappa shape index (κ1) is 38.6. The Kier molecular flexibility index (Phi) is 11.0. The van der Waals surface area contributed by atoms with Gasteiger partial charge in [-0.2, -0.15) is 0 Å². The summed E-state index contributed by atoms with van der Waals surface area (Å²) < 4.78 is 78.6. The Morgan fingerprint density at radius 2 is 1.43 bits per heavy atom. The second-order valence-electron chi connectivity index (χ2n) is 13.9. The lowest BCUT2D eigenvalue weighted by Crippen LogP contribution is -2.38. The zero-order chi connectivity index (χ0) is 39.2. The number of ketones is 3. The minimum Gasteiger partial charge on any atom is -0.461 e. The van der Waals surface area contributed by atoms with Crippen molar-refractivity contribution in [1.29, 1.82) is 0 Å². The molecule has 6 rings (SSSR count). The van der Waals surface area contributed by atoms with E-state index in [2.05, 4.69) is 5.32 Å². The molecular formula is C41H41F4N3O6. The SMILES string of the molecule is CCC(C(=O)c1cc2oc(CN(C)C(CC)C(=O)c3c(F)cc4cc(C(C)NC(C)C(=O)c5ccc6ccoc6c5F)oc4c3F)cc2cc1F)N(C)C. The van der Waals surface area contributed by atoms with Gasteiger partial charge < -0.3 is 13.3 Å². The van der Waals surface area contributed by atoms with E-state index in [1.807, 2.05) is 6.92 Å². The molecule has 0 spiro atoms. The number of carbonyl (C=O) groups excluding carboxylic acids is 3. The first-order valence-corrected chi connectivity index (χ1v) is 17.7. The number of hydrogen-bond donors (Lipinski definition) is 1. The van der Waals surface area contributed by atoms with Crippen molar-refractivity contribution < 1.29 is 45.2 Å². The van der Waals surface area contributed by atoms with Crippen molar-refractivity contribution in [3.63, 3.8) is 0 Å². The van der Waals surface area contributed by atoms with Crippen LogP contribution < -0.4 is 5.32 Å². The molecule has 284 valence electrons. The number of furan rings is 3. The minimum atomic E-state index is -1.17. The molecule has 0 aliphatic carbocycles. The van der Waals surface area contributed by atoms with E-state index in [4.69, 9.17) is 13.3 Å². The molecule has 6 aromatic rings. The van der Waals surface area contributed by atoms with E-state index in [1.54, 1.807) is 69.9 Å². The molecule has 4 atom stereocenters. The standard InChI is InChI=1S/C41H41F4N3O6/c1-8-30(47(5)6)38(50)27-18-33-23(15-28(27)42)14-25(53-33)19-48(7)31(9-2)39(51)34-29(43)16-24-17-32(54-41(24)36(34)45)20(3)46-21(4)37(49)26-11-10-22-12-13-52-40(22)35(26)44/h10-18,20-21,30-31,46H,8-9,19H2,1-7H3. The Balaban J connectivity index is 1.19. The van der Waals surface area contributed by atoms with Crippen LogP contribution in [0.3, 0.4) is 0 Å². The second kappa shape index (κ2) is 15.3. The average molecular weight is 748 g/mol. The molecule has 3 heterocycles. The number of fused-ring (bicyclic) bond motifs is 3. The number of rotatable bonds is 15. The molecule has 1 N–H and O–H groups in total. The van der Waals surface area contributed by atoms with Crippen LogP contribution >= 0.6 is 0 Å². The summed E-state index contributed by atoms with van der Waals surface area (Å²) in [5, 5.41) is 4.03. The van der Waals surface area contributed by atoms with Crippen molar-refractivity contribution in [1.82, 2.24) is 15.1 Å². The zero-order valence-corrected chi connectivity index (χ0v) is 31.0. The van der Waals surface area contributed by atoms with Gasteiger partial charge in [0, 0.05) is 16.2 Å². The molecule has 0 aliphatic heterocycles. The maximum Gasteiger partial charge on any atom is 0.185 e. The highest BCUT2D eigenvalue weighted by atomic mass is 19.1. The van der Waals surface area contributed by atoms with Crippen LogP contribution in [-0.4, -0.2) is 66.4 Å². The second-order valence-corrected chi connectivity index (χ2v) is 13.9. The summed E-state index contributed by atoms with van der Waals surface area (Å²) >= 11 is 0. The van der Waals surface area contributed by atoms with Crippen molar-refractivity contribution in [3.05, 3.63) is 106 Å². The van der Waals surface area contributed by atoms with Gasteiger partial charge in [-0.3, -0.25) is 29.5 Å². The normalized spacial score (nSPS) is 14.4. The number of halogens is 4. The average Bonchev–Trinajstić information content (AvgIpc) is 3.87. The zero-order valence-electron chi connectivity index (χ0n) is 31.0. The van der Waals surface area contributed by atoms with E-state index >= 15 is 13.2 Å². The van der Waals surface area contributed by atoms with Crippen LogP contribution in [-0.2, 0) is 6.54 Å². The number of likely N-dealkylation sites (N-methyl/N-ethyl adjacent to an activating group) is 2. The van der Waals surface area contributed by atoms with Crippen molar-refractivity contribution in [2.45, 2.75) is 71.2 Å². The number of benzene rings is 3. The fourth-order valence-electron chi connectivity index (χ4n) is 7.09. The number of nitrogens with zero attached hydrogens (tertiary/aromatic N) is 2. The number of hydrogen-bond acceptors (Lipinski definition) is 9. The van der Waals surface area contributed by atoms with Crippen molar-refractivity contribution >= 4 is 50.3 Å². The summed E-state index contributed by atoms with van der Waals surface area (Å²) in [5.41, 5.74) is -1.10. The van der Waals surface area contributed by atoms with E-state index in [-0.39, 0.29) is 57.8 Å². The summed E-state index contributed by atoms with van der Waals surface area (Å²) in [6.07, 6.45) is 2.01. The van der Waals surface area contributed by atoms with Gasteiger partial charge in [-0.25, -0.2) is 17.6 Å². The van der Waals surface area contributed by atoms with E-state index < -0.39 is 64.6 Å². The summed E-state index contributed by atoms with van der Waals surface area (Å²) in [6, 6.07) is 8.08. The first-order valence-electron chi connectivity index (χ1n) is 17.7. The lowest BCUT2D eigenvalue weighted by atomic mass is 9.98. The molecular weight excluding hydrogens is 706 g/mol. The number of Topliss-reactive ketones (excluding diaryl/α,β-unsaturated/α-hetero) is 3. The predicted octanol–water partition coefficient (Wildman–Crippen LogP) is 9.02. The van der Waals surface area contributed by atoms with E-state index in [0.29, 0.717) is 23.0 Å². The number of carbonyl (C=O) groups is 3. The molecule has 0 bridgehead atoms. The van der Waals surface area contributed by atoms with Gasteiger partial charge in [0.05, 0.1) is 53.7 Å². The van der Waals surface area contributed by atoms with Crippen LogP contribution in [0.15, 0.2) is 68.0 Å². The molecule has 4 unspecified atom stereocenters. The molecule has 54 heavy (non-hydrogen) atoms. The van der Waals surface area contributed by atoms with Crippen LogP contribution in [0.5, 0.6) is 0 Å². The Hall–Kier alpha value is -5.11. The van der Waals surface area contributed by atoms with Gasteiger partial charge in [0.2, 0.25) is 0 Å². The Labute approximate surface area is 308 Å². The Morgan fingerprint density at radius 3 is 2.11 bits per heavy atom. The van der Waals surface area contributed by atoms with Gasteiger partial charge in [-0.1, -0.05) is 19.9 Å². The van der Waals surface area contributed by atoms with Crippen LogP contribution in [0.2, 0.25) is 0 Å². The smallest absolute Gasteiger partial charge is 0.185 e. The van der Waals surface area contributed by atoms with Crippen LogP contribution in [0.25, 0.3) is 32.9 Å². The highest BCUT2D eigenvalue weighted by Gasteiger charge is 2.32. The van der Waals surface area contributed by atoms with E-state index in [9.17, 15) is 18.8 Å². The molecule has 3 aromatic carbocycles. The van der Waals surface area contributed by atoms with E-state index in [0.717, 1.165) is 6.07 Å². The lowest BCUT2D eigenvalue weighted by Gasteiger charge is -2.25. The van der Waals surface area contributed by atoms with Crippen molar-refractivity contribution in [2.75, 3.05) is 21.1 Å². The predicted molar refractivity (Wildman–Crippen MR) is 196 cm³/mol. The van der Waals surface area contributed by atoms with Crippen molar-refractivity contribution in [2.24, 2.45) is 0 Å². The van der Waals surface area contributed by atoms with Crippen LogP contribution in [0.4, 0.5) is 17.6 Å². The van der Waals surface area contributed by atoms with Crippen LogP contribution in [0, 0.1) is 23.3 Å². The molecule has 13 heteroatoms. The Morgan fingerprint density at radius 1 is 0.722 bits per heavy atom. The molecule has 3 aromatic heterocycles. The van der Waals surface area contributed by atoms with Gasteiger partial charge >= 0.3 is 0 Å². The highest BCUT2D eigenvalue weighted by Crippen LogP contribution is 2.32. The minimum absolute atomic E-state index is 0.0301. The Bertz CT molecular complexity index is 2390. The molecule has 9 nitrogen and oxygen atoms in total.